The highest BCUT2D eigenvalue weighted by Gasteiger charge is 2.26. The topological polar surface area (TPSA) is 42.0 Å². The average Bonchev–Trinajstić information content (AvgIpc) is 3.25. The molecule has 7 heteroatoms. The van der Waals surface area contributed by atoms with E-state index in [0.29, 0.717) is 9.77 Å². The lowest BCUT2D eigenvalue weighted by atomic mass is 10.0. The van der Waals surface area contributed by atoms with Crippen molar-refractivity contribution in [2.24, 2.45) is 0 Å². The molecule has 0 radical (unpaired) electrons. The Morgan fingerprint density at radius 3 is 3.04 bits per heavy atom. The van der Waals surface area contributed by atoms with E-state index in [0.717, 1.165) is 34.0 Å². The van der Waals surface area contributed by atoms with Crippen LogP contribution in [0.15, 0.2) is 39.9 Å². The summed E-state index contributed by atoms with van der Waals surface area (Å²) in [5.74, 6) is 0.444. The van der Waals surface area contributed by atoms with Crippen molar-refractivity contribution in [2.75, 3.05) is 5.75 Å². The maximum Gasteiger partial charge on any atom is 0.263 e. The number of hydrogen-bond donors (Lipinski definition) is 1. The number of nitrogens with zero attached hydrogens (tertiary/aromatic N) is 1. The SMILES string of the molecule is Cc1nc(-c2ccsc2)sc1C(=O)N[C@H]1CCSc2c(F)cccc21. The van der Waals surface area contributed by atoms with Crippen LogP contribution in [0.25, 0.3) is 10.6 Å². The van der Waals surface area contributed by atoms with Crippen LogP contribution in [0.2, 0.25) is 0 Å². The minimum atomic E-state index is -0.213. The smallest absolute Gasteiger partial charge is 0.263 e. The maximum absolute atomic E-state index is 14.0. The minimum absolute atomic E-state index is 0.136. The fraction of sp³-hybridized carbons (Fsp3) is 0.222. The van der Waals surface area contributed by atoms with Gasteiger partial charge >= 0.3 is 0 Å². The van der Waals surface area contributed by atoms with E-state index >= 15 is 0 Å². The number of hydrogen-bond acceptors (Lipinski definition) is 5. The van der Waals surface area contributed by atoms with Gasteiger partial charge in [0.1, 0.15) is 15.7 Å². The van der Waals surface area contributed by atoms with E-state index < -0.39 is 0 Å². The molecule has 0 saturated carbocycles. The highest BCUT2D eigenvalue weighted by molar-refractivity contribution is 7.99. The van der Waals surface area contributed by atoms with Gasteiger partial charge in [-0.1, -0.05) is 12.1 Å². The molecule has 1 aromatic carbocycles. The van der Waals surface area contributed by atoms with Crippen LogP contribution in [-0.2, 0) is 0 Å². The third-order valence-electron chi connectivity index (χ3n) is 4.10. The Bertz CT molecular complexity index is 921. The van der Waals surface area contributed by atoms with Crippen LogP contribution >= 0.6 is 34.4 Å². The summed E-state index contributed by atoms with van der Waals surface area (Å²) in [6, 6.07) is 6.90. The molecule has 128 valence electrons. The van der Waals surface area contributed by atoms with Gasteiger partial charge in [0, 0.05) is 21.6 Å². The van der Waals surface area contributed by atoms with Crippen LogP contribution in [0, 0.1) is 12.7 Å². The summed E-state index contributed by atoms with van der Waals surface area (Å²) >= 11 is 4.52. The molecule has 0 spiro atoms. The van der Waals surface area contributed by atoms with Crippen molar-refractivity contribution in [3.63, 3.8) is 0 Å². The van der Waals surface area contributed by atoms with Crippen molar-refractivity contribution >= 4 is 40.3 Å². The zero-order valence-electron chi connectivity index (χ0n) is 13.4. The first-order valence-corrected chi connectivity index (χ1v) is 10.6. The Labute approximate surface area is 157 Å². The lowest BCUT2D eigenvalue weighted by Crippen LogP contribution is -2.30. The molecular weight excluding hydrogens is 375 g/mol. The van der Waals surface area contributed by atoms with E-state index in [4.69, 9.17) is 0 Å². The number of thioether (sulfide) groups is 1. The number of nitrogens with one attached hydrogen (secondary N) is 1. The lowest BCUT2D eigenvalue weighted by molar-refractivity contribution is 0.0938. The molecule has 3 aromatic rings. The van der Waals surface area contributed by atoms with Gasteiger partial charge in [-0.3, -0.25) is 4.79 Å². The number of aryl methyl sites for hydroxylation is 1. The summed E-state index contributed by atoms with van der Waals surface area (Å²) in [5.41, 5.74) is 2.64. The predicted octanol–water partition coefficient (Wildman–Crippen LogP) is 5.29. The standard InChI is InChI=1S/C18H15FN2OS3/c1-10-15(25-18(20-10)11-5-7-23-9-11)17(22)21-14-6-8-24-16-12(14)3-2-4-13(16)19/h2-5,7,9,14H,6,8H2,1H3,(H,21,22)/t14-/m0/s1. The predicted molar refractivity (Wildman–Crippen MR) is 102 cm³/mol. The van der Waals surface area contributed by atoms with E-state index in [1.807, 2.05) is 29.8 Å². The molecule has 0 unspecified atom stereocenters. The quantitative estimate of drug-likeness (QED) is 0.661. The molecule has 1 amide bonds. The first kappa shape index (κ1) is 16.8. The van der Waals surface area contributed by atoms with Crippen molar-refractivity contribution in [3.8, 4) is 10.6 Å². The van der Waals surface area contributed by atoms with E-state index in [2.05, 4.69) is 10.3 Å². The molecule has 25 heavy (non-hydrogen) atoms. The van der Waals surface area contributed by atoms with Crippen molar-refractivity contribution in [3.05, 3.63) is 57.0 Å². The summed E-state index contributed by atoms with van der Waals surface area (Å²) in [6.45, 7) is 1.85. The molecule has 3 nitrogen and oxygen atoms in total. The fourth-order valence-electron chi connectivity index (χ4n) is 2.88. The first-order chi connectivity index (χ1) is 12.1. The molecule has 0 bridgehead atoms. The lowest BCUT2D eigenvalue weighted by Gasteiger charge is -2.26. The van der Waals surface area contributed by atoms with Crippen molar-refractivity contribution < 1.29 is 9.18 Å². The van der Waals surface area contributed by atoms with Gasteiger partial charge in [0.15, 0.2) is 0 Å². The van der Waals surface area contributed by atoms with Crippen LogP contribution in [0.5, 0.6) is 0 Å². The summed E-state index contributed by atoms with van der Waals surface area (Å²) in [4.78, 5) is 18.6. The molecule has 1 atom stereocenters. The van der Waals surface area contributed by atoms with Crippen LogP contribution in [0.4, 0.5) is 4.39 Å². The van der Waals surface area contributed by atoms with Gasteiger partial charge in [-0.25, -0.2) is 9.37 Å². The number of thiophene rings is 1. The second kappa shape index (κ2) is 6.90. The monoisotopic (exact) mass is 390 g/mol. The van der Waals surface area contributed by atoms with Crippen LogP contribution in [0.3, 0.4) is 0 Å². The number of carbonyl (C=O) groups excluding carboxylic acids is 1. The number of carbonyl (C=O) groups is 1. The van der Waals surface area contributed by atoms with Crippen molar-refractivity contribution in [2.45, 2.75) is 24.3 Å². The van der Waals surface area contributed by atoms with Gasteiger partial charge in [-0.15, -0.1) is 23.1 Å². The van der Waals surface area contributed by atoms with E-state index in [1.165, 1.54) is 29.2 Å². The zero-order chi connectivity index (χ0) is 17.4. The number of aromatic nitrogens is 1. The van der Waals surface area contributed by atoms with Crippen molar-refractivity contribution in [1.29, 1.82) is 0 Å². The Balaban J connectivity index is 1.59. The van der Waals surface area contributed by atoms with E-state index in [1.54, 1.807) is 17.4 Å². The minimum Gasteiger partial charge on any atom is -0.344 e. The molecule has 0 fully saturated rings. The number of benzene rings is 1. The molecule has 0 saturated heterocycles. The van der Waals surface area contributed by atoms with Gasteiger partial charge in [0.2, 0.25) is 0 Å². The molecule has 4 rings (SSSR count). The Kier molecular flexibility index (Phi) is 4.62. The molecule has 1 aliphatic heterocycles. The Hall–Kier alpha value is -1.70. The van der Waals surface area contributed by atoms with E-state index in [9.17, 15) is 9.18 Å². The van der Waals surface area contributed by atoms with Crippen LogP contribution in [0.1, 0.15) is 33.4 Å². The second-order valence-corrected chi connectivity index (χ2v) is 8.65. The van der Waals surface area contributed by atoms with Gasteiger partial charge in [-0.05, 0) is 36.4 Å². The normalized spacial score (nSPS) is 16.5. The zero-order valence-corrected chi connectivity index (χ0v) is 15.9. The second-order valence-electron chi connectivity index (χ2n) is 5.77. The fourth-order valence-corrected chi connectivity index (χ4v) is 5.70. The number of thiazole rings is 1. The summed E-state index contributed by atoms with van der Waals surface area (Å²) in [6.07, 6.45) is 0.794. The Morgan fingerprint density at radius 2 is 2.24 bits per heavy atom. The average molecular weight is 391 g/mol. The first-order valence-electron chi connectivity index (χ1n) is 7.85. The summed E-state index contributed by atoms with van der Waals surface area (Å²) < 4.78 is 14.0. The number of fused-ring (bicyclic) bond motifs is 1. The third-order valence-corrected chi connectivity index (χ3v) is 7.15. The largest absolute Gasteiger partial charge is 0.344 e. The molecule has 1 N–H and O–H groups in total. The van der Waals surface area contributed by atoms with Gasteiger partial charge < -0.3 is 5.32 Å². The van der Waals surface area contributed by atoms with Crippen LogP contribution < -0.4 is 5.32 Å². The number of halogens is 1. The summed E-state index contributed by atoms with van der Waals surface area (Å²) in [5, 5.41) is 7.95. The molecule has 3 heterocycles. The van der Waals surface area contributed by atoms with Crippen LogP contribution in [-0.4, -0.2) is 16.6 Å². The highest BCUT2D eigenvalue weighted by atomic mass is 32.2. The third kappa shape index (κ3) is 3.23. The number of rotatable bonds is 3. The maximum atomic E-state index is 14.0. The van der Waals surface area contributed by atoms with Gasteiger partial charge in [0.05, 0.1) is 11.7 Å². The summed E-state index contributed by atoms with van der Waals surface area (Å²) in [7, 11) is 0. The highest BCUT2D eigenvalue weighted by Crippen LogP contribution is 2.38. The van der Waals surface area contributed by atoms with Crippen molar-refractivity contribution in [1.82, 2.24) is 10.3 Å². The molecule has 0 aliphatic carbocycles. The number of amides is 1. The van der Waals surface area contributed by atoms with Gasteiger partial charge in [-0.2, -0.15) is 11.3 Å². The molecule has 1 aliphatic rings. The molecular formula is C18H15FN2OS3. The van der Waals surface area contributed by atoms with E-state index in [-0.39, 0.29) is 17.8 Å². The molecule has 2 aromatic heterocycles. The Morgan fingerprint density at radius 1 is 1.36 bits per heavy atom. The van der Waals surface area contributed by atoms with Gasteiger partial charge in [0.25, 0.3) is 5.91 Å².